The molecule has 0 radical (unpaired) electrons. The van der Waals surface area contributed by atoms with Gasteiger partial charge in [-0.2, -0.15) is 0 Å². The molecule has 0 aliphatic heterocycles. The van der Waals surface area contributed by atoms with Gasteiger partial charge < -0.3 is 4.74 Å². The molecule has 0 aliphatic rings. The van der Waals surface area contributed by atoms with Gasteiger partial charge in [0.05, 0.1) is 11.2 Å². The van der Waals surface area contributed by atoms with Crippen LogP contribution in [-0.2, 0) is 4.79 Å². The Balaban J connectivity index is 1.99. The summed E-state index contributed by atoms with van der Waals surface area (Å²) < 4.78 is 5.25. The molecule has 3 rings (SSSR count). The van der Waals surface area contributed by atoms with E-state index in [4.69, 9.17) is 4.74 Å². The van der Waals surface area contributed by atoms with E-state index in [-0.39, 0.29) is 5.97 Å². The number of carbonyl (C=O) groups is 1. The molecular formula is C20H17NO2. The maximum Gasteiger partial charge on any atom is 0.308 e. The van der Waals surface area contributed by atoms with Gasteiger partial charge in [0, 0.05) is 17.9 Å². The molecule has 0 bridgehead atoms. The Morgan fingerprint density at radius 1 is 0.957 bits per heavy atom. The molecule has 0 amide bonds. The summed E-state index contributed by atoms with van der Waals surface area (Å²) in [6.45, 7) is 3.40. The molecule has 0 saturated heterocycles. The van der Waals surface area contributed by atoms with E-state index in [1.165, 1.54) is 6.92 Å². The third-order valence-corrected chi connectivity index (χ3v) is 3.55. The summed E-state index contributed by atoms with van der Waals surface area (Å²) in [4.78, 5) is 15.9. The molecule has 23 heavy (non-hydrogen) atoms. The van der Waals surface area contributed by atoms with Crippen molar-refractivity contribution in [3.8, 4) is 5.75 Å². The Morgan fingerprint density at radius 3 is 2.52 bits per heavy atom. The molecule has 0 spiro atoms. The van der Waals surface area contributed by atoms with Gasteiger partial charge in [-0.25, -0.2) is 4.98 Å². The molecule has 1 heterocycles. The van der Waals surface area contributed by atoms with E-state index in [1.807, 2.05) is 61.5 Å². The highest BCUT2D eigenvalue weighted by atomic mass is 16.5. The second-order valence-corrected chi connectivity index (χ2v) is 5.35. The number of hydrogen-bond acceptors (Lipinski definition) is 3. The summed E-state index contributed by atoms with van der Waals surface area (Å²) in [5, 5.41) is 1.12. The van der Waals surface area contributed by atoms with Crippen molar-refractivity contribution in [2.24, 2.45) is 0 Å². The average molecular weight is 303 g/mol. The number of allylic oxidation sites excluding steroid dienone is 1. The van der Waals surface area contributed by atoms with Crippen molar-refractivity contribution in [2.45, 2.75) is 13.8 Å². The highest BCUT2D eigenvalue weighted by molar-refractivity contribution is 5.85. The zero-order valence-electron chi connectivity index (χ0n) is 13.1. The second-order valence-electron chi connectivity index (χ2n) is 5.35. The standard InChI is InChI=1S/C20H17NO2/c1-14(13-17-8-4-6-10-20(17)23-15(2)22)18-12-11-16-7-3-5-9-19(16)21-18/h3-13H,1-2H3. The van der Waals surface area contributed by atoms with E-state index in [0.717, 1.165) is 27.7 Å². The smallest absolute Gasteiger partial charge is 0.308 e. The number of carbonyl (C=O) groups excluding carboxylic acids is 1. The van der Waals surface area contributed by atoms with Gasteiger partial charge in [-0.05, 0) is 36.8 Å². The molecule has 0 unspecified atom stereocenters. The Hall–Kier alpha value is -2.94. The maximum atomic E-state index is 11.2. The first-order valence-corrected chi connectivity index (χ1v) is 7.45. The van der Waals surface area contributed by atoms with Crippen molar-refractivity contribution in [1.29, 1.82) is 0 Å². The van der Waals surface area contributed by atoms with Crippen molar-refractivity contribution in [2.75, 3.05) is 0 Å². The number of ether oxygens (including phenoxy) is 1. The first-order chi connectivity index (χ1) is 11.1. The van der Waals surface area contributed by atoms with Gasteiger partial charge in [-0.1, -0.05) is 42.5 Å². The number of hydrogen-bond donors (Lipinski definition) is 0. The predicted octanol–water partition coefficient (Wildman–Crippen LogP) is 4.72. The first-order valence-electron chi connectivity index (χ1n) is 7.45. The molecule has 0 fully saturated rings. The summed E-state index contributed by atoms with van der Waals surface area (Å²) in [6, 6.07) is 19.6. The lowest BCUT2D eigenvalue weighted by Crippen LogP contribution is -2.02. The van der Waals surface area contributed by atoms with Gasteiger partial charge >= 0.3 is 5.97 Å². The fourth-order valence-corrected chi connectivity index (χ4v) is 2.44. The van der Waals surface area contributed by atoms with Crippen molar-refractivity contribution in [1.82, 2.24) is 4.98 Å². The van der Waals surface area contributed by atoms with Crippen LogP contribution < -0.4 is 4.74 Å². The van der Waals surface area contributed by atoms with Crippen LogP contribution in [0.3, 0.4) is 0 Å². The summed E-state index contributed by atoms with van der Waals surface area (Å²) in [7, 11) is 0. The lowest BCUT2D eigenvalue weighted by atomic mass is 10.1. The number of benzene rings is 2. The van der Waals surface area contributed by atoms with Crippen molar-refractivity contribution in [3.05, 3.63) is 71.9 Å². The van der Waals surface area contributed by atoms with E-state index < -0.39 is 0 Å². The highest BCUT2D eigenvalue weighted by Crippen LogP contribution is 2.25. The number of pyridine rings is 1. The van der Waals surface area contributed by atoms with E-state index in [0.29, 0.717) is 5.75 Å². The van der Waals surface area contributed by atoms with Gasteiger partial charge in [0.1, 0.15) is 5.75 Å². The fourth-order valence-electron chi connectivity index (χ4n) is 2.44. The van der Waals surface area contributed by atoms with Crippen LogP contribution in [-0.4, -0.2) is 11.0 Å². The Bertz CT molecular complexity index is 897. The zero-order valence-corrected chi connectivity index (χ0v) is 13.1. The van der Waals surface area contributed by atoms with Crippen LogP contribution in [0.4, 0.5) is 0 Å². The van der Waals surface area contributed by atoms with Crippen molar-refractivity contribution < 1.29 is 9.53 Å². The normalized spacial score (nSPS) is 11.5. The van der Waals surface area contributed by atoms with Crippen LogP contribution >= 0.6 is 0 Å². The van der Waals surface area contributed by atoms with Crippen LogP contribution in [0.15, 0.2) is 60.7 Å². The lowest BCUT2D eigenvalue weighted by molar-refractivity contribution is -0.131. The Labute approximate surface area is 135 Å². The number of nitrogens with zero attached hydrogens (tertiary/aromatic N) is 1. The molecular weight excluding hydrogens is 286 g/mol. The number of para-hydroxylation sites is 2. The van der Waals surface area contributed by atoms with Crippen molar-refractivity contribution in [3.63, 3.8) is 0 Å². The van der Waals surface area contributed by atoms with E-state index in [2.05, 4.69) is 11.1 Å². The van der Waals surface area contributed by atoms with E-state index >= 15 is 0 Å². The van der Waals surface area contributed by atoms with Gasteiger partial charge in [0.15, 0.2) is 0 Å². The first kappa shape index (κ1) is 15.0. The molecule has 114 valence electrons. The predicted molar refractivity (Wildman–Crippen MR) is 93.0 cm³/mol. The Morgan fingerprint density at radius 2 is 1.70 bits per heavy atom. The molecule has 0 N–H and O–H groups in total. The second kappa shape index (κ2) is 6.44. The quantitative estimate of drug-likeness (QED) is 0.519. The monoisotopic (exact) mass is 303 g/mol. The molecule has 3 nitrogen and oxygen atoms in total. The van der Waals surface area contributed by atoms with Crippen LogP contribution in [0.1, 0.15) is 25.1 Å². The lowest BCUT2D eigenvalue weighted by Gasteiger charge is -2.07. The molecule has 1 aromatic heterocycles. The van der Waals surface area contributed by atoms with E-state index in [1.54, 1.807) is 6.07 Å². The minimum absolute atomic E-state index is 0.327. The highest BCUT2D eigenvalue weighted by Gasteiger charge is 2.05. The molecule has 0 aliphatic carbocycles. The third-order valence-electron chi connectivity index (χ3n) is 3.55. The number of aromatic nitrogens is 1. The van der Waals surface area contributed by atoms with Crippen LogP contribution in [0, 0.1) is 0 Å². The summed E-state index contributed by atoms with van der Waals surface area (Å²) in [5.41, 5.74) is 3.73. The molecule has 0 atom stereocenters. The SMILES string of the molecule is CC(=O)Oc1ccccc1C=C(C)c1ccc2ccccc2n1. The van der Waals surface area contributed by atoms with Gasteiger partial charge in [-0.15, -0.1) is 0 Å². The third kappa shape index (κ3) is 3.46. The van der Waals surface area contributed by atoms with E-state index in [9.17, 15) is 4.79 Å². The average Bonchev–Trinajstić information content (AvgIpc) is 2.55. The minimum atomic E-state index is -0.327. The molecule has 2 aromatic carbocycles. The number of esters is 1. The van der Waals surface area contributed by atoms with Gasteiger partial charge in [0.2, 0.25) is 0 Å². The number of rotatable bonds is 3. The molecule has 0 saturated carbocycles. The zero-order chi connectivity index (χ0) is 16.2. The largest absolute Gasteiger partial charge is 0.426 e. The van der Waals surface area contributed by atoms with Crippen molar-refractivity contribution >= 4 is 28.5 Å². The van der Waals surface area contributed by atoms with Gasteiger partial charge in [-0.3, -0.25) is 4.79 Å². The number of fused-ring (bicyclic) bond motifs is 1. The molecule has 3 aromatic rings. The van der Waals surface area contributed by atoms with Crippen LogP contribution in [0.5, 0.6) is 5.75 Å². The maximum absolute atomic E-state index is 11.2. The molecule has 3 heteroatoms. The topological polar surface area (TPSA) is 39.2 Å². The Kier molecular flexibility index (Phi) is 4.20. The van der Waals surface area contributed by atoms with Crippen LogP contribution in [0.25, 0.3) is 22.6 Å². The minimum Gasteiger partial charge on any atom is -0.426 e. The fraction of sp³-hybridized carbons (Fsp3) is 0.100. The van der Waals surface area contributed by atoms with Gasteiger partial charge in [0.25, 0.3) is 0 Å². The summed E-state index contributed by atoms with van der Waals surface area (Å²) in [6.07, 6.45) is 1.98. The van der Waals surface area contributed by atoms with Crippen LogP contribution in [0.2, 0.25) is 0 Å². The summed E-state index contributed by atoms with van der Waals surface area (Å²) >= 11 is 0. The summed E-state index contributed by atoms with van der Waals surface area (Å²) in [5.74, 6) is 0.229.